The van der Waals surface area contributed by atoms with Crippen molar-refractivity contribution in [2.24, 2.45) is 5.41 Å². The van der Waals surface area contributed by atoms with E-state index in [4.69, 9.17) is 16.3 Å². The summed E-state index contributed by atoms with van der Waals surface area (Å²) in [6.45, 7) is 4.30. The summed E-state index contributed by atoms with van der Waals surface area (Å²) >= 11 is 6.22. The van der Waals surface area contributed by atoms with E-state index in [2.05, 4.69) is 60.5 Å². The first-order valence-corrected chi connectivity index (χ1v) is 13.2. The van der Waals surface area contributed by atoms with Crippen LogP contribution in [0.3, 0.4) is 0 Å². The van der Waals surface area contributed by atoms with E-state index in [9.17, 15) is 4.79 Å². The van der Waals surface area contributed by atoms with Crippen LogP contribution in [-0.2, 0) is 4.79 Å². The summed E-state index contributed by atoms with van der Waals surface area (Å²) in [4.78, 5) is 16.4. The van der Waals surface area contributed by atoms with Crippen LogP contribution < -0.4 is 15.0 Å². The second-order valence-electron chi connectivity index (χ2n) is 10.8. The number of nitrogens with one attached hydrogen (secondary N) is 1. The molecule has 1 aliphatic heterocycles. The maximum absolute atomic E-state index is 14.3. The predicted octanol–water partition coefficient (Wildman–Crippen LogP) is 7.48. The number of allylic oxidation sites excluding steroid dienone is 4. The number of carbonyl (C=O) groups is 1. The van der Waals surface area contributed by atoms with Crippen molar-refractivity contribution in [2.75, 3.05) is 26.1 Å². The van der Waals surface area contributed by atoms with E-state index in [0.29, 0.717) is 5.02 Å². The number of methoxy groups -OCH3 is 1. The summed E-state index contributed by atoms with van der Waals surface area (Å²) in [7, 11) is 5.71. The van der Waals surface area contributed by atoms with Gasteiger partial charge in [-0.25, -0.2) is 0 Å². The molecule has 0 bridgehead atoms. The van der Waals surface area contributed by atoms with Crippen molar-refractivity contribution in [3.05, 3.63) is 117 Å². The highest BCUT2D eigenvalue weighted by molar-refractivity contribution is 6.30. The van der Waals surface area contributed by atoms with Crippen LogP contribution in [0.1, 0.15) is 42.9 Å². The first-order valence-electron chi connectivity index (χ1n) is 12.8. The zero-order valence-corrected chi connectivity index (χ0v) is 23.3. The van der Waals surface area contributed by atoms with Gasteiger partial charge >= 0.3 is 0 Å². The summed E-state index contributed by atoms with van der Waals surface area (Å²) in [5.74, 6) is 0.704. The maximum Gasteiger partial charge on any atom is 0.188 e. The Labute approximate surface area is 230 Å². The molecule has 0 saturated heterocycles. The molecular weight excluding hydrogens is 492 g/mol. The molecule has 5 rings (SSSR count). The average Bonchev–Trinajstić information content (AvgIpc) is 2.91. The van der Waals surface area contributed by atoms with Gasteiger partial charge in [0, 0.05) is 53.3 Å². The van der Waals surface area contributed by atoms with Crippen molar-refractivity contribution in [3.63, 3.8) is 0 Å². The maximum atomic E-state index is 14.3. The summed E-state index contributed by atoms with van der Waals surface area (Å²) in [6.07, 6.45) is 4.95. The van der Waals surface area contributed by atoms with E-state index in [1.54, 1.807) is 7.11 Å². The standard InChI is InChI=1S/C33H33ClN2O2/c1-33(2)20-30-31(32(37)28(33)18-21-6-14-25(15-7-21)36(3)4)27(22-8-12-24(34)13-9-22)19-29(35-30)23-10-16-26(38-5)17-11-23/h6-19,27,35H,20H2,1-5H3/b28-18+. The number of halogens is 1. The van der Waals surface area contributed by atoms with Gasteiger partial charge in [0.2, 0.25) is 0 Å². The van der Waals surface area contributed by atoms with Gasteiger partial charge in [0.15, 0.2) is 5.78 Å². The van der Waals surface area contributed by atoms with Crippen LogP contribution in [0.2, 0.25) is 5.02 Å². The van der Waals surface area contributed by atoms with Crippen molar-refractivity contribution < 1.29 is 9.53 Å². The minimum Gasteiger partial charge on any atom is -0.497 e. The van der Waals surface area contributed by atoms with Gasteiger partial charge < -0.3 is 15.0 Å². The third-order valence-corrected chi connectivity index (χ3v) is 7.69. The van der Waals surface area contributed by atoms with E-state index in [1.165, 1.54) is 0 Å². The molecule has 1 unspecified atom stereocenters. The van der Waals surface area contributed by atoms with Gasteiger partial charge in [0.25, 0.3) is 0 Å². The number of Topliss-reactive ketones (excluding diaryl/α,β-unsaturated/α-hetero) is 1. The van der Waals surface area contributed by atoms with E-state index in [-0.39, 0.29) is 17.1 Å². The number of hydrogen-bond donors (Lipinski definition) is 1. The number of benzene rings is 3. The Morgan fingerprint density at radius 2 is 1.63 bits per heavy atom. The lowest BCUT2D eigenvalue weighted by Gasteiger charge is -2.40. The summed E-state index contributed by atoms with van der Waals surface area (Å²) in [5.41, 5.74) is 7.50. The highest BCUT2D eigenvalue weighted by Crippen LogP contribution is 2.48. The molecule has 5 heteroatoms. The van der Waals surface area contributed by atoms with Gasteiger partial charge in [-0.1, -0.05) is 49.7 Å². The first kappa shape index (κ1) is 25.9. The molecule has 0 spiro atoms. The van der Waals surface area contributed by atoms with Crippen molar-refractivity contribution >= 4 is 34.8 Å². The van der Waals surface area contributed by atoms with Crippen LogP contribution in [0.25, 0.3) is 11.8 Å². The van der Waals surface area contributed by atoms with Crippen LogP contribution in [0.5, 0.6) is 5.75 Å². The number of nitrogens with zero attached hydrogens (tertiary/aromatic N) is 1. The molecule has 4 nitrogen and oxygen atoms in total. The highest BCUT2D eigenvalue weighted by atomic mass is 35.5. The molecule has 1 aliphatic carbocycles. The summed E-state index contributed by atoms with van der Waals surface area (Å²) in [5, 5.41) is 4.31. The number of dihydropyridines is 1. The molecule has 0 saturated carbocycles. The molecule has 38 heavy (non-hydrogen) atoms. The Morgan fingerprint density at radius 3 is 2.24 bits per heavy atom. The Bertz CT molecular complexity index is 1440. The van der Waals surface area contributed by atoms with Gasteiger partial charge in [-0.3, -0.25) is 4.79 Å². The van der Waals surface area contributed by atoms with E-state index in [1.807, 2.05) is 62.6 Å². The second-order valence-corrected chi connectivity index (χ2v) is 11.2. The highest BCUT2D eigenvalue weighted by Gasteiger charge is 2.42. The fourth-order valence-electron chi connectivity index (χ4n) is 5.28. The van der Waals surface area contributed by atoms with Crippen molar-refractivity contribution in [2.45, 2.75) is 26.2 Å². The minimum absolute atomic E-state index is 0.0883. The smallest absolute Gasteiger partial charge is 0.188 e. The first-order chi connectivity index (χ1) is 18.2. The van der Waals surface area contributed by atoms with Gasteiger partial charge in [-0.2, -0.15) is 0 Å². The number of rotatable bonds is 5. The SMILES string of the molecule is COc1ccc(C2=CC(c3ccc(Cl)cc3)C3=C(CC(C)(C)/C(=C/c4ccc(N(C)C)cc4)C3=O)N2)cc1. The van der Waals surface area contributed by atoms with E-state index in [0.717, 1.165) is 57.1 Å². The summed E-state index contributed by atoms with van der Waals surface area (Å²) in [6, 6.07) is 24.1. The molecule has 1 atom stereocenters. The van der Waals surface area contributed by atoms with Crippen LogP contribution in [-0.4, -0.2) is 27.0 Å². The van der Waals surface area contributed by atoms with Crippen LogP contribution >= 0.6 is 11.6 Å². The molecule has 0 amide bonds. The molecule has 2 aliphatic rings. The average molecular weight is 525 g/mol. The minimum atomic E-state index is -0.337. The third kappa shape index (κ3) is 5.01. The van der Waals surface area contributed by atoms with Gasteiger partial charge in [-0.05, 0) is 89.2 Å². The molecule has 3 aromatic rings. The van der Waals surface area contributed by atoms with Crippen molar-refractivity contribution in [1.29, 1.82) is 0 Å². The van der Waals surface area contributed by atoms with E-state index >= 15 is 0 Å². The van der Waals surface area contributed by atoms with Crippen LogP contribution in [0, 0.1) is 5.41 Å². The molecule has 1 N–H and O–H groups in total. The molecule has 0 fully saturated rings. The van der Waals surface area contributed by atoms with Crippen molar-refractivity contribution in [3.8, 4) is 5.75 Å². The largest absolute Gasteiger partial charge is 0.497 e. The molecule has 1 heterocycles. The van der Waals surface area contributed by atoms with Crippen LogP contribution in [0.4, 0.5) is 5.69 Å². The fourth-order valence-corrected chi connectivity index (χ4v) is 5.41. The van der Waals surface area contributed by atoms with Crippen molar-refractivity contribution in [1.82, 2.24) is 5.32 Å². The zero-order chi connectivity index (χ0) is 27.0. The Balaban J connectivity index is 1.59. The number of ketones is 1. The predicted molar refractivity (Wildman–Crippen MR) is 157 cm³/mol. The van der Waals surface area contributed by atoms with Gasteiger partial charge in [-0.15, -0.1) is 0 Å². The van der Waals surface area contributed by atoms with E-state index < -0.39 is 0 Å². The lowest BCUT2D eigenvalue weighted by atomic mass is 9.67. The Morgan fingerprint density at radius 1 is 0.974 bits per heavy atom. The quantitative estimate of drug-likeness (QED) is 0.351. The summed E-state index contributed by atoms with van der Waals surface area (Å²) < 4.78 is 5.35. The number of carbonyl (C=O) groups excluding carboxylic acids is 1. The monoisotopic (exact) mass is 524 g/mol. The Hall–Kier alpha value is -3.76. The number of hydrogen-bond acceptors (Lipinski definition) is 4. The molecule has 0 radical (unpaired) electrons. The molecule has 0 aromatic heterocycles. The van der Waals surface area contributed by atoms with Gasteiger partial charge in [0.05, 0.1) is 7.11 Å². The zero-order valence-electron chi connectivity index (χ0n) is 22.5. The molecule has 3 aromatic carbocycles. The number of anilines is 1. The van der Waals surface area contributed by atoms with Gasteiger partial charge in [0.1, 0.15) is 5.75 Å². The Kier molecular flexibility index (Phi) is 6.93. The third-order valence-electron chi connectivity index (χ3n) is 7.44. The number of ether oxygens (including phenoxy) is 1. The lowest BCUT2D eigenvalue weighted by Crippen LogP contribution is -2.37. The fraction of sp³-hybridized carbons (Fsp3) is 0.242. The molecular formula is C33H33ClN2O2. The topological polar surface area (TPSA) is 41.6 Å². The second kappa shape index (κ2) is 10.2. The lowest BCUT2D eigenvalue weighted by molar-refractivity contribution is -0.113. The normalized spacial score (nSPS) is 19.5. The molecule has 194 valence electrons. The van der Waals surface area contributed by atoms with Crippen LogP contribution in [0.15, 0.2) is 95.7 Å².